The van der Waals surface area contributed by atoms with E-state index >= 15 is 0 Å². The number of carbonyl (C=O) groups excluding carboxylic acids is 1. The lowest BCUT2D eigenvalue weighted by Crippen LogP contribution is -2.40. The number of likely N-dealkylation sites (tertiary alicyclic amines) is 1. The van der Waals surface area contributed by atoms with Gasteiger partial charge in [0.15, 0.2) is 0 Å². The molecule has 6 heteroatoms. The Labute approximate surface area is 131 Å². The minimum absolute atomic E-state index is 0.0339. The van der Waals surface area contributed by atoms with Crippen LogP contribution >= 0.6 is 0 Å². The molecule has 1 aromatic heterocycles. The van der Waals surface area contributed by atoms with Gasteiger partial charge in [0.2, 0.25) is 0 Å². The van der Waals surface area contributed by atoms with Crippen molar-refractivity contribution in [3.63, 3.8) is 0 Å². The zero-order chi connectivity index (χ0) is 15.5. The molecule has 1 amide bonds. The van der Waals surface area contributed by atoms with Crippen LogP contribution in [0.4, 0.5) is 5.82 Å². The van der Waals surface area contributed by atoms with E-state index in [-0.39, 0.29) is 5.91 Å². The van der Waals surface area contributed by atoms with Gasteiger partial charge in [-0.1, -0.05) is 6.92 Å². The number of ether oxygens (including phenoxy) is 1. The van der Waals surface area contributed by atoms with Crippen molar-refractivity contribution in [3.8, 4) is 0 Å². The topological polar surface area (TPSA) is 58.6 Å². The van der Waals surface area contributed by atoms with Crippen molar-refractivity contribution in [3.05, 3.63) is 17.6 Å². The molecule has 0 aromatic carbocycles. The normalized spacial score (nSPS) is 22.7. The van der Waals surface area contributed by atoms with Crippen LogP contribution in [0, 0.1) is 12.8 Å². The zero-order valence-corrected chi connectivity index (χ0v) is 13.4. The fourth-order valence-corrected chi connectivity index (χ4v) is 3.15. The Kier molecular flexibility index (Phi) is 4.57. The summed E-state index contributed by atoms with van der Waals surface area (Å²) >= 11 is 0. The molecule has 3 heterocycles. The van der Waals surface area contributed by atoms with Gasteiger partial charge in [-0.25, -0.2) is 9.97 Å². The number of amides is 1. The predicted octanol–water partition coefficient (Wildman–Crippen LogP) is 1.49. The molecule has 0 aliphatic carbocycles. The molecular formula is C16H24N4O2. The highest BCUT2D eigenvalue weighted by atomic mass is 16.5. The Balaban J connectivity index is 1.80. The maximum Gasteiger partial charge on any atom is 0.272 e. The van der Waals surface area contributed by atoms with E-state index in [9.17, 15) is 4.79 Å². The van der Waals surface area contributed by atoms with Crippen molar-refractivity contribution in [2.45, 2.75) is 26.7 Å². The molecule has 2 fully saturated rings. The quantitative estimate of drug-likeness (QED) is 0.828. The first-order valence-electron chi connectivity index (χ1n) is 8.11. The molecule has 120 valence electrons. The van der Waals surface area contributed by atoms with Crippen LogP contribution in [0.15, 0.2) is 6.07 Å². The van der Waals surface area contributed by atoms with Crippen molar-refractivity contribution in [2.75, 3.05) is 44.3 Å². The Morgan fingerprint density at radius 3 is 2.77 bits per heavy atom. The lowest BCUT2D eigenvalue weighted by Gasteiger charge is -2.31. The van der Waals surface area contributed by atoms with Crippen LogP contribution in [0.5, 0.6) is 0 Å². The molecule has 1 aromatic rings. The highest BCUT2D eigenvalue weighted by Gasteiger charge is 2.24. The Morgan fingerprint density at radius 1 is 1.27 bits per heavy atom. The van der Waals surface area contributed by atoms with Gasteiger partial charge in [-0.2, -0.15) is 0 Å². The van der Waals surface area contributed by atoms with Crippen LogP contribution in [0.1, 0.15) is 36.1 Å². The summed E-state index contributed by atoms with van der Waals surface area (Å²) in [7, 11) is 0. The fourth-order valence-electron chi connectivity index (χ4n) is 3.15. The number of hydrogen-bond acceptors (Lipinski definition) is 5. The summed E-state index contributed by atoms with van der Waals surface area (Å²) in [6.45, 7) is 8.73. The molecule has 0 bridgehead atoms. The number of anilines is 1. The molecule has 1 atom stereocenters. The summed E-state index contributed by atoms with van der Waals surface area (Å²) in [4.78, 5) is 25.7. The van der Waals surface area contributed by atoms with E-state index in [4.69, 9.17) is 4.74 Å². The van der Waals surface area contributed by atoms with E-state index < -0.39 is 0 Å². The van der Waals surface area contributed by atoms with Gasteiger partial charge in [-0.15, -0.1) is 0 Å². The minimum Gasteiger partial charge on any atom is -0.378 e. The lowest BCUT2D eigenvalue weighted by atomic mass is 10.00. The Morgan fingerprint density at radius 2 is 2.05 bits per heavy atom. The first kappa shape index (κ1) is 15.2. The molecule has 2 saturated heterocycles. The third-order valence-electron chi connectivity index (χ3n) is 4.32. The van der Waals surface area contributed by atoms with Gasteiger partial charge in [0.05, 0.1) is 13.2 Å². The summed E-state index contributed by atoms with van der Waals surface area (Å²) in [6, 6.07) is 1.83. The van der Waals surface area contributed by atoms with Crippen LogP contribution in [-0.2, 0) is 4.74 Å². The molecule has 22 heavy (non-hydrogen) atoms. The predicted molar refractivity (Wildman–Crippen MR) is 84.1 cm³/mol. The van der Waals surface area contributed by atoms with Crippen molar-refractivity contribution in [2.24, 2.45) is 5.92 Å². The number of aromatic nitrogens is 2. The SMILES string of the molecule is Cc1nc(C(=O)N2CCCC(C)C2)cc(N2CCOCC2)n1. The second-order valence-electron chi connectivity index (χ2n) is 6.26. The van der Waals surface area contributed by atoms with Crippen LogP contribution in [0.25, 0.3) is 0 Å². The molecule has 0 saturated carbocycles. The molecular weight excluding hydrogens is 280 g/mol. The summed E-state index contributed by atoms with van der Waals surface area (Å²) in [5.74, 6) is 2.09. The first-order chi connectivity index (χ1) is 10.6. The molecule has 0 radical (unpaired) electrons. The maximum absolute atomic E-state index is 12.7. The molecule has 2 aliphatic heterocycles. The van der Waals surface area contributed by atoms with Crippen molar-refractivity contribution in [1.29, 1.82) is 0 Å². The fraction of sp³-hybridized carbons (Fsp3) is 0.688. The minimum atomic E-state index is 0.0339. The summed E-state index contributed by atoms with van der Waals surface area (Å²) in [6.07, 6.45) is 2.28. The summed E-state index contributed by atoms with van der Waals surface area (Å²) in [5.41, 5.74) is 0.517. The Bertz CT molecular complexity index is 543. The molecule has 1 unspecified atom stereocenters. The van der Waals surface area contributed by atoms with Crippen molar-refractivity contribution < 1.29 is 9.53 Å². The Hall–Kier alpha value is -1.69. The van der Waals surface area contributed by atoms with Crippen LogP contribution in [-0.4, -0.2) is 60.2 Å². The van der Waals surface area contributed by atoms with Gasteiger partial charge in [-0.05, 0) is 25.7 Å². The molecule has 3 rings (SSSR count). The van der Waals surface area contributed by atoms with Gasteiger partial charge in [0.25, 0.3) is 5.91 Å². The highest BCUT2D eigenvalue weighted by molar-refractivity contribution is 5.93. The summed E-state index contributed by atoms with van der Waals surface area (Å²) in [5, 5.41) is 0. The number of aryl methyl sites for hydroxylation is 1. The van der Waals surface area contributed by atoms with E-state index in [1.807, 2.05) is 17.9 Å². The average molecular weight is 304 g/mol. The van der Waals surface area contributed by atoms with E-state index in [1.165, 1.54) is 6.42 Å². The van der Waals surface area contributed by atoms with Gasteiger partial charge in [0, 0.05) is 32.2 Å². The second kappa shape index (κ2) is 6.60. The standard InChI is InChI=1S/C16H24N4O2/c1-12-4-3-5-20(11-12)16(21)14-10-15(18-13(2)17-14)19-6-8-22-9-7-19/h10,12H,3-9,11H2,1-2H3. The molecule has 0 N–H and O–H groups in total. The maximum atomic E-state index is 12.7. The van der Waals surface area contributed by atoms with Crippen LogP contribution < -0.4 is 4.90 Å². The van der Waals surface area contributed by atoms with Gasteiger partial charge < -0.3 is 14.5 Å². The molecule has 2 aliphatic rings. The van der Waals surface area contributed by atoms with E-state index in [2.05, 4.69) is 21.8 Å². The van der Waals surface area contributed by atoms with Crippen LogP contribution in [0.2, 0.25) is 0 Å². The largest absolute Gasteiger partial charge is 0.378 e. The molecule has 6 nitrogen and oxygen atoms in total. The highest BCUT2D eigenvalue weighted by Crippen LogP contribution is 2.20. The number of morpholine rings is 1. The van der Waals surface area contributed by atoms with Crippen LogP contribution in [0.3, 0.4) is 0 Å². The van der Waals surface area contributed by atoms with E-state index in [1.54, 1.807) is 0 Å². The zero-order valence-electron chi connectivity index (χ0n) is 13.4. The van der Waals surface area contributed by atoms with Gasteiger partial charge in [-0.3, -0.25) is 4.79 Å². The lowest BCUT2D eigenvalue weighted by molar-refractivity contribution is 0.0676. The van der Waals surface area contributed by atoms with Gasteiger partial charge >= 0.3 is 0 Å². The number of nitrogens with zero attached hydrogens (tertiary/aromatic N) is 4. The van der Waals surface area contributed by atoms with Crippen molar-refractivity contribution >= 4 is 11.7 Å². The van der Waals surface area contributed by atoms with E-state index in [0.717, 1.165) is 38.4 Å². The number of rotatable bonds is 2. The third kappa shape index (κ3) is 3.38. The molecule has 0 spiro atoms. The number of hydrogen-bond donors (Lipinski definition) is 0. The smallest absolute Gasteiger partial charge is 0.272 e. The summed E-state index contributed by atoms with van der Waals surface area (Å²) < 4.78 is 5.38. The number of carbonyl (C=O) groups is 1. The second-order valence-corrected chi connectivity index (χ2v) is 6.26. The van der Waals surface area contributed by atoms with Crippen molar-refractivity contribution in [1.82, 2.24) is 14.9 Å². The monoisotopic (exact) mass is 304 g/mol. The first-order valence-corrected chi connectivity index (χ1v) is 8.11. The number of piperidine rings is 1. The average Bonchev–Trinajstić information content (AvgIpc) is 2.54. The third-order valence-corrected chi connectivity index (χ3v) is 4.32. The van der Waals surface area contributed by atoms with E-state index in [0.29, 0.717) is 30.7 Å². The van der Waals surface area contributed by atoms with Gasteiger partial charge in [0.1, 0.15) is 17.3 Å².